The van der Waals surface area contributed by atoms with Gasteiger partial charge in [-0.1, -0.05) is 76.1 Å². The molecule has 1 saturated carbocycles. The molecule has 0 amide bonds. The van der Waals surface area contributed by atoms with Gasteiger partial charge in [0.1, 0.15) is 0 Å². The van der Waals surface area contributed by atoms with Crippen LogP contribution >= 0.6 is 0 Å². The van der Waals surface area contributed by atoms with Gasteiger partial charge in [-0.15, -0.1) is 0 Å². The molecule has 2 atom stereocenters. The quantitative estimate of drug-likeness (QED) is 0.466. The van der Waals surface area contributed by atoms with Gasteiger partial charge in [0.25, 0.3) is 0 Å². The van der Waals surface area contributed by atoms with E-state index in [1.54, 1.807) is 0 Å². The van der Waals surface area contributed by atoms with Crippen molar-refractivity contribution < 1.29 is 4.79 Å². The van der Waals surface area contributed by atoms with Crippen LogP contribution < -0.4 is 0 Å². The molecular formula is C26H34O. The predicted octanol–water partition coefficient (Wildman–Crippen LogP) is 6.92. The van der Waals surface area contributed by atoms with Crippen molar-refractivity contribution in [1.29, 1.82) is 0 Å². The number of benzene rings is 2. The van der Waals surface area contributed by atoms with E-state index in [0.717, 1.165) is 42.2 Å². The molecule has 0 aliphatic heterocycles. The largest absolute Gasteiger partial charge is 0.294 e. The molecule has 0 saturated heterocycles. The summed E-state index contributed by atoms with van der Waals surface area (Å²) in [7, 11) is 0. The van der Waals surface area contributed by atoms with Crippen molar-refractivity contribution in [3.63, 3.8) is 0 Å². The second-order valence-corrected chi connectivity index (χ2v) is 8.22. The van der Waals surface area contributed by atoms with Crippen LogP contribution in [0.15, 0.2) is 42.5 Å². The maximum atomic E-state index is 12.9. The van der Waals surface area contributed by atoms with Crippen molar-refractivity contribution in [3.05, 3.63) is 70.3 Å². The van der Waals surface area contributed by atoms with Crippen molar-refractivity contribution >= 4 is 5.78 Å². The van der Waals surface area contributed by atoms with Crippen LogP contribution in [0.2, 0.25) is 0 Å². The molecule has 0 N–H and O–H groups in total. The first-order valence-electron chi connectivity index (χ1n) is 10.9. The molecule has 2 aromatic carbocycles. The monoisotopic (exact) mass is 362 g/mol. The highest BCUT2D eigenvalue weighted by Gasteiger charge is 2.24. The maximum absolute atomic E-state index is 12.9. The summed E-state index contributed by atoms with van der Waals surface area (Å²) in [4.78, 5) is 12.9. The third-order valence-electron chi connectivity index (χ3n) is 6.33. The molecule has 1 aliphatic carbocycles. The SMILES string of the molecule is CCCc1cc(CC)ccc1C(=O)Cc1ccc(C2CC[C@H](CC)C2)cc1. The van der Waals surface area contributed by atoms with E-state index < -0.39 is 0 Å². The molecule has 1 unspecified atom stereocenters. The number of carbonyl (C=O) groups excluding carboxylic acids is 1. The highest BCUT2D eigenvalue weighted by Crippen LogP contribution is 2.39. The first-order chi connectivity index (χ1) is 13.1. The van der Waals surface area contributed by atoms with Gasteiger partial charge < -0.3 is 0 Å². The Morgan fingerprint density at radius 2 is 1.70 bits per heavy atom. The Balaban J connectivity index is 1.69. The molecular weight excluding hydrogens is 328 g/mol. The van der Waals surface area contributed by atoms with Crippen LogP contribution in [0, 0.1) is 5.92 Å². The zero-order valence-electron chi connectivity index (χ0n) is 17.3. The smallest absolute Gasteiger partial charge is 0.167 e. The van der Waals surface area contributed by atoms with E-state index in [-0.39, 0.29) is 5.78 Å². The van der Waals surface area contributed by atoms with E-state index in [1.165, 1.54) is 42.4 Å². The molecule has 27 heavy (non-hydrogen) atoms. The van der Waals surface area contributed by atoms with E-state index in [1.807, 2.05) is 6.07 Å². The van der Waals surface area contributed by atoms with Gasteiger partial charge in [-0.25, -0.2) is 0 Å². The number of Topliss-reactive ketones (excluding diaryl/α,β-unsaturated/α-hetero) is 1. The number of hydrogen-bond donors (Lipinski definition) is 0. The summed E-state index contributed by atoms with van der Waals surface area (Å²) >= 11 is 0. The molecule has 0 spiro atoms. The molecule has 0 heterocycles. The fourth-order valence-electron chi connectivity index (χ4n) is 4.55. The second kappa shape index (κ2) is 9.35. The molecule has 1 heteroatoms. The highest BCUT2D eigenvalue weighted by atomic mass is 16.1. The van der Waals surface area contributed by atoms with E-state index in [0.29, 0.717) is 6.42 Å². The lowest BCUT2D eigenvalue weighted by atomic mass is 9.92. The minimum Gasteiger partial charge on any atom is -0.294 e. The standard InChI is InChI=1S/C26H34O/c1-4-7-24-17-20(6-3)11-15-25(24)26(27)18-21-9-12-22(13-10-21)23-14-8-19(5-2)16-23/h9-13,15,17,19,23H,4-8,14,16,18H2,1-3H3/t19-,23?/m0/s1. The first-order valence-corrected chi connectivity index (χ1v) is 10.9. The van der Waals surface area contributed by atoms with Gasteiger partial charge in [0, 0.05) is 12.0 Å². The van der Waals surface area contributed by atoms with E-state index in [2.05, 4.69) is 57.2 Å². The summed E-state index contributed by atoms with van der Waals surface area (Å²) in [5.41, 5.74) is 6.05. The van der Waals surface area contributed by atoms with Gasteiger partial charge in [0.15, 0.2) is 5.78 Å². The van der Waals surface area contributed by atoms with Crippen LogP contribution in [0.5, 0.6) is 0 Å². The van der Waals surface area contributed by atoms with Gasteiger partial charge in [0.2, 0.25) is 0 Å². The minimum absolute atomic E-state index is 0.251. The molecule has 1 nitrogen and oxygen atoms in total. The summed E-state index contributed by atoms with van der Waals surface area (Å²) in [6.07, 6.45) is 8.91. The van der Waals surface area contributed by atoms with Crippen LogP contribution in [-0.4, -0.2) is 5.78 Å². The molecule has 2 aromatic rings. The lowest BCUT2D eigenvalue weighted by Gasteiger charge is -2.13. The number of hydrogen-bond acceptors (Lipinski definition) is 1. The maximum Gasteiger partial charge on any atom is 0.167 e. The van der Waals surface area contributed by atoms with Crippen molar-refractivity contribution in [2.75, 3.05) is 0 Å². The average Bonchev–Trinajstić information content (AvgIpc) is 3.18. The topological polar surface area (TPSA) is 17.1 Å². The van der Waals surface area contributed by atoms with E-state index in [9.17, 15) is 4.79 Å². The fourth-order valence-corrected chi connectivity index (χ4v) is 4.55. The average molecular weight is 363 g/mol. The van der Waals surface area contributed by atoms with Gasteiger partial charge in [-0.2, -0.15) is 0 Å². The van der Waals surface area contributed by atoms with Crippen LogP contribution in [0.4, 0.5) is 0 Å². The molecule has 1 fully saturated rings. The first kappa shape index (κ1) is 19.9. The summed E-state index contributed by atoms with van der Waals surface area (Å²) < 4.78 is 0. The van der Waals surface area contributed by atoms with Gasteiger partial charge in [-0.3, -0.25) is 4.79 Å². The Morgan fingerprint density at radius 3 is 2.33 bits per heavy atom. The number of carbonyl (C=O) groups is 1. The van der Waals surface area contributed by atoms with E-state index in [4.69, 9.17) is 0 Å². The van der Waals surface area contributed by atoms with Crippen molar-refractivity contribution in [3.8, 4) is 0 Å². The lowest BCUT2D eigenvalue weighted by molar-refractivity contribution is 0.0992. The van der Waals surface area contributed by atoms with Crippen LogP contribution in [0.25, 0.3) is 0 Å². The third-order valence-corrected chi connectivity index (χ3v) is 6.33. The number of ketones is 1. The summed E-state index contributed by atoms with van der Waals surface area (Å²) in [6, 6.07) is 15.3. The van der Waals surface area contributed by atoms with E-state index >= 15 is 0 Å². The summed E-state index contributed by atoms with van der Waals surface area (Å²) in [6.45, 7) is 6.65. The summed E-state index contributed by atoms with van der Waals surface area (Å²) in [5, 5.41) is 0. The number of aryl methyl sites for hydroxylation is 2. The molecule has 0 aromatic heterocycles. The lowest BCUT2D eigenvalue weighted by Crippen LogP contribution is -2.08. The van der Waals surface area contributed by atoms with Gasteiger partial charge in [-0.05, 0) is 66.2 Å². The van der Waals surface area contributed by atoms with Crippen molar-refractivity contribution in [1.82, 2.24) is 0 Å². The van der Waals surface area contributed by atoms with Gasteiger partial charge >= 0.3 is 0 Å². The molecule has 0 bridgehead atoms. The Labute approximate surface area is 165 Å². The second-order valence-electron chi connectivity index (χ2n) is 8.22. The molecule has 144 valence electrons. The molecule has 1 aliphatic rings. The molecule has 0 radical (unpaired) electrons. The third kappa shape index (κ3) is 4.89. The predicted molar refractivity (Wildman–Crippen MR) is 115 cm³/mol. The van der Waals surface area contributed by atoms with Crippen molar-refractivity contribution in [2.45, 2.75) is 78.1 Å². The zero-order valence-corrected chi connectivity index (χ0v) is 17.3. The molecule has 3 rings (SSSR count). The highest BCUT2D eigenvalue weighted by molar-refractivity contribution is 5.99. The minimum atomic E-state index is 0.251. The Bertz CT molecular complexity index is 756. The van der Waals surface area contributed by atoms with Crippen LogP contribution in [0.3, 0.4) is 0 Å². The Kier molecular flexibility index (Phi) is 6.88. The zero-order chi connectivity index (χ0) is 19.2. The van der Waals surface area contributed by atoms with Gasteiger partial charge in [0.05, 0.1) is 0 Å². The normalized spacial score (nSPS) is 19.4. The number of rotatable bonds is 8. The fraction of sp³-hybridized carbons (Fsp3) is 0.500. The van der Waals surface area contributed by atoms with Crippen molar-refractivity contribution in [2.24, 2.45) is 5.92 Å². The summed E-state index contributed by atoms with van der Waals surface area (Å²) in [5.74, 6) is 1.87. The Morgan fingerprint density at radius 1 is 0.963 bits per heavy atom. The Hall–Kier alpha value is -1.89. The van der Waals surface area contributed by atoms with Crippen LogP contribution in [0.1, 0.15) is 91.4 Å². The van der Waals surface area contributed by atoms with Crippen LogP contribution in [-0.2, 0) is 19.3 Å².